The van der Waals surface area contributed by atoms with E-state index in [1.165, 1.54) is 0 Å². The lowest BCUT2D eigenvalue weighted by Gasteiger charge is -1.88. The maximum absolute atomic E-state index is 5.06. The Morgan fingerprint density at radius 3 is 3.22 bits per heavy atom. The Labute approximate surface area is 54.7 Å². The van der Waals surface area contributed by atoms with Gasteiger partial charge >= 0.3 is 0 Å². The van der Waals surface area contributed by atoms with Gasteiger partial charge in [-0.1, -0.05) is 6.07 Å². The summed E-state index contributed by atoms with van der Waals surface area (Å²) >= 11 is 0. The number of rotatable bonds is 1. The van der Waals surface area contributed by atoms with Gasteiger partial charge in [-0.25, -0.2) is 0 Å². The van der Waals surface area contributed by atoms with E-state index in [4.69, 9.17) is 6.42 Å². The van der Waals surface area contributed by atoms with E-state index in [1.54, 1.807) is 12.3 Å². The van der Waals surface area contributed by atoms with Crippen molar-refractivity contribution >= 4 is 0 Å². The minimum absolute atomic E-state index is 0.606. The Hall–Kier alpha value is -1.29. The van der Waals surface area contributed by atoms with Crippen LogP contribution >= 0.6 is 0 Å². The van der Waals surface area contributed by atoms with Crippen LogP contribution in [-0.2, 0) is 6.42 Å². The molecule has 0 atom stereocenters. The first-order valence-corrected chi connectivity index (χ1v) is 2.68. The van der Waals surface area contributed by atoms with E-state index in [9.17, 15) is 0 Å². The van der Waals surface area contributed by atoms with Crippen LogP contribution in [0.3, 0.4) is 0 Å². The molecule has 0 spiro atoms. The smallest absolute Gasteiger partial charge is 0.0523 e. The molecule has 0 aliphatic carbocycles. The van der Waals surface area contributed by atoms with Crippen LogP contribution in [0, 0.1) is 18.4 Å². The van der Waals surface area contributed by atoms with Crippen molar-refractivity contribution in [3.05, 3.63) is 30.1 Å². The largest absolute Gasteiger partial charge is 0.260 e. The maximum Gasteiger partial charge on any atom is 0.0523 e. The molecule has 1 radical (unpaired) electrons. The summed E-state index contributed by atoms with van der Waals surface area (Å²) in [4.78, 5) is 3.97. The Morgan fingerprint density at radius 2 is 2.67 bits per heavy atom. The van der Waals surface area contributed by atoms with Crippen LogP contribution in [0.25, 0.3) is 0 Å². The highest BCUT2D eigenvalue weighted by Crippen LogP contribution is 1.91. The maximum atomic E-state index is 5.06. The summed E-state index contributed by atoms with van der Waals surface area (Å²) in [6.07, 6.45) is 7.28. The quantitative estimate of drug-likeness (QED) is 0.500. The summed E-state index contributed by atoms with van der Waals surface area (Å²) in [5.74, 6) is 2.51. The number of hydrogen-bond acceptors (Lipinski definition) is 1. The first-order chi connectivity index (χ1) is 4.43. The first kappa shape index (κ1) is 5.84. The third kappa shape index (κ3) is 1.58. The van der Waals surface area contributed by atoms with E-state index in [1.807, 2.05) is 6.07 Å². The molecular formula is C8H6N. The van der Waals surface area contributed by atoms with Crippen molar-refractivity contribution in [2.24, 2.45) is 0 Å². The summed E-state index contributed by atoms with van der Waals surface area (Å²) in [7, 11) is 0. The van der Waals surface area contributed by atoms with E-state index in [0.29, 0.717) is 6.42 Å². The van der Waals surface area contributed by atoms with Gasteiger partial charge in [0.15, 0.2) is 0 Å². The molecule has 0 amide bonds. The predicted octanol–water partition coefficient (Wildman–Crippen LogP) is 1.06. The molecule has 1 rings (SSSR count). The average Bonchev–Trinajstić information content (AvgIpc) is 1.91. The minimum atomic E-state index is 0.606. The number of hydrogen-bond donors (Lipinski definition) is 0. The number of terminal acetylenes is 1. The van der Waals surface area contributed by atoms with Crippen LogP contribution in [0.2, 0.25) is 0 Å². The molecule has 0 aromatic carbocycles. The Kier molecular flexibility index (Phi) is 1.87. The Bertz CT molecular complexity index is 208. The lowest BCUT2D eigenvalue weighted by molar-refractivity contribution is 1.13. The van der Waals surface area contributed by atoms with Gasteiger partial charge in [-0.05, 0) is 6.07 Å². The summed E-state index contributed by atoms with van der Waals surface area (Å²) in [6, 6.07) is 6.48. The van der Waals surface area contributed by atoms with Crippen LogP contribution in [0.15, 0.2) is 18.3 Å². The van der Waals surface area contributed by atoms with E-state index >= 15 is 0 Å². The normalized spacial score (nSPS) is 8.33. The van der Waals surface area contributed by atoms with E-state index < -0.39 is 0 Å². The average molecular weight is 116 g/mol. The topological polar surface area (TPSA) is 12.9 Å². The highest BCUT2D eigenvalue weighted by atomic mass is 14.7. The number of nitrogens with zero attached hydrogens (tertiary/aromatic N) is 1. The van der Waals surface area contributed by atoms with Crippen molar-refractivity contribution in [3.8, 4) is 12.3 Å². The van der Waals surface area contributed by atoms with Crippen molar-refractivity contribution in [2.45, 2.75) is 6.42 Å². The van der Waals surface area contributed by atoms with Crippen molar-refractivity contribution in [2.75, 3.05) is 0 Å². The fraction of sp³-hybridized carbons (Fsp3) is 0.125. The second-order valence-electron chi connectivity index (χ2n) is 1.63. The summed E-state index contributed by atoms with van der Waals surface area (Å²) in [5.41, 5.74) is 0.927. The lowest BCUT2D eigenvalue weighted by Crippen LogP contribution is -1.83. The molecule has 0 saturated carbocycles. The van der Waals surface area contributed by atoms with Crippen LogP contribution in [-0.4, -0.2) is 4.98 Å². The minimum Gasteiger partial charge on any atom is -0.260 e. The molecule has 0 bridgehead atoms. The zero-order valence-corrected chi connectivity index (χ0v) is 4.96. The SMILES string of the molecule is C#CCc1cc[c]cn1. The van der Waals surface area contributed by atoms with Gasteiger partial charge in [0.2, 0.25) is 0 Å². The number of aromatic nitrogens is 1. The first-order valence-electron chi connectivity index (χ1n) is 2.68. The molecule has 0 unspecified atom stereocenters. The molecule has 0 saturated heterocycles. The summed E-state index contributed by atoms with van der Waals surface area (Å²) < 4.78 is 0. The molecule has 1 aromatic rings. The van der Waals surface area contributed by atoms with Crippen LogP contribution < -0.4 is 0 Å². The second kappa shape index (κ2) is 2.88. The highest BCUT2D eigenvalue weighted by molar-refractivity contribution is 5.09. The second-order valence-corrected chi connectivity index (χ2v) is 1.63. The zero-order chi connectivity index (χ0) is 6.53. The summed E-state index contributed by atoms with van der Waals surface area (Å²) in [5, 5.41) is 0. The fourth-order valence-corrected chi connectivity index (χ4v) is 0.560. The lowest BCUT2D eigenvalue weighted by atomic mass is 10.3. The third-order valence-electron chi connectivity index (χ3n) is 0.960. The Balaban J connectivity index is 2.76. The van der Waals surface area contributed by atoms with E-state index in [0.717, 1.165) is 5.69 Å². The van der Waals surface area contributed by atoms with Crippen LogP contribution in [0.5, 0.6) is 0 Å². The van der Waals surface area contributed by atoms with E-state index in [2.05, 4.69) is 17.0 Å². The van der Waals surface area contributed by atoms with Gasteiger partial charge in [-0.15, -0.1) is 12.3 Å². The molecular weight excluding hydrogens is 110 g/mol. The molecule has 1 nitrogen and oxygen atoms in total. The van der Waals surface area contributed by atoms with Gasteiger partial charge in [-0.3, -0.25) is 4.98 Å². The molecule has 0 fully saturated rings. The molecule has 1 aromatic heterocycles. The molecule has 0 aliphatic heterocycles. The standard InChI is InChI=1S/C8H6N/c1-2-5-8-6-3-4-7-9-8/h1,3,6-7H,5H2. The van der Waals surface area contributed by atoms with Gasteiger partial charge in [-0.2, -0.15) is 0 Å². The Morgan fingerprint density at radius 1 is 1.78 bits per heavy atom. The van der Waals surface area contributed by atoms with Crippen molar-refractivity contribution in [1.29, 1.82) is 0 Å². The molecule has 1 heterocycles. The van der Waals surface area contributed by atoms with Crippen LogP contribution in [0.4, 0.5) is 0 Å². The molecule has 0 aliphatic rings. The fourth-order valence-electron chi connectivity index (χ4n) is 0.560. The highest BCUT2D eigenvalue weighted by Gasteiger charge is 1.84. The molecule has 43 valence electrons. The molecule has 1 heteroatoms. The van der Waals surface area contributed by atoms with Gasteiger partial charge in [0.25, 0.3) is 0 Å². The van der Waals surface area contributed by atoms with Gasteiger partial charge in [0.1, 0.15) is 0 Å². The van der Waals surface area contributed by atoms with Gasteiger partial charge in [0, 0.05) is 12.3 Å². The summed E-state index contributed by atoms with van der Waals surface area (Å²) in [6.45, 7) is 0. The predicted molar refractivity (Wildman–Crippen MR) is 35.6 cm³/mol. The zero-order valence-electron chi connectivity index (χ0n) is 4.96. The van der Waals surface area contributed by atoms with Crippen molar-refractivity contribution < 1.29 is 0 Å². The monoisotopic (exact) mass is 116 g/mol. The van der Waals surface area contributed by atoms with Crippen LogP contribution in [0.1, 0.15) is 5.69 Å². The molecule has 9 heavy (non-hydrogen) atoms. The van der Waals surface area contributed by atoms with Gasteiger partial charge in [0.05, 0.1) is 12.1 Å². The third-order valence-corrected chi connectivity index (χ3v) is 0.960. The van der Waals surface area contributed by atoms with Crippen molar-refractivity contribution in [1.82, 2.24) is 4.98 Å². The van der Waals surface area contributed by atoms with Gasteiger partial charge < -0.3 is 0 Å². The van der Waals surface area contributed by atoms with Crippen molar-refractivity contribution in [3.63, 3.8) is 0 Å². The van der Waals surface area contributed by atoms with E-state index in [-0.39, 0.29) is 0 Å². The number of pyridine rings is 1. The molecule has 0 N–H and O–H groups in total.